The standard InChI is InChI=1S/C15H18N2O3/c1-4-12-6-5-7-13(10-12)17-15(19)16-9-8-14(18)20-11(2)3/h1,5-7,10-11H,8-9H2,2-3H3,(H2,16,17,19). The van der Waals surface area contributed by atoms with Gasteiger partial charge in [-0.05, 0) is 32.0 Å². The zero-order valence-corrected chi connectivity index (χ0v) is 11.6. The number of ether oxygens (including phenoxy) is 1. The van der Waals surface area contributed by atoms with Crippen molar-refractivity contribution in [3.63, 3.8) is 0 Å². The van der Waals surface area contributed by atoms with Gasteiger partial charge < -0.3 is 15.4 Å². The number of rotatable bonds is 5. The molecule has 0 radical (unpaired) electrons. The van der Waals surface area contributed by atoms with E-state index in [0.717, 1.165) is 0 Å². The highest BCUT2D eigenvalue weighted by Crippen LogP contribution is 2.09. The van der Waals surface area contributed by atoms with Crippen LogP contribution in [0.5, 0.6) is 0 Å². The van der Waals surface area contributed by atoms with Crippen LogP contribution in [0.2, 0.25) is 0 Å². The van der Waals surface area contributed by atoms with Crippen LogP contribution in [-0.4, -0.2) is 24.6 Å². The first-order valence-electron chi connectivity index (χ1n) is 6.32. The smallest absolute Gasteiger partial charge is 0.319 e. The normalized spacial score (nSPS) is 9.70. The van der Waals surface area contributed by atoms with Crippen LogP contribution in [-0.2, 0) is 9.53 Å². The van der Waals surface area contributed by atoms with E-state index in [4.69, 9.17) is 11.2 Å². The number of hydrogen-bond donors (Lipinski definition) is 2. The average molecular weight is 274 g/mol. The summed E-state index contributed by atoms with van der Waals surface area (Å²) in [4.78, 5) is 22.9. The van der Waals surface area contributed by atoms with Crippen molar-refractivity contribution < 1.29 is 14.3 Å². The van der Waals surface area contributed by atoms with E-state index >= 15 is 0 Å². The van der Waals surface area contributed by atoms with Gasteiger partial charge in [0.05, 0.1) is 12.5 Å². The van der Waals surface area contributed by atoms with Crippen molar-refractivity contribution >= 4 is 17.7 Å². The molecule has 0 spiro atoms. The number of carbonyl (C=O) groups is 2. The molecule has 1 rings (SSSR count). The predicted molar refractivity (Wildman–Crippen MR) is 77.2 cm³/mol. The number of amides is 2. The molecule has 5 heteroatoms. The number of urea groups is 1. The van der Waals surface area contributed by atoms with E-state index in [1.54, 1.807) is 38.1 Å². The number of anilines is 1. The third kappa shape index (κ3) is 5.91. The molecule has 0 fully saturated rings. The van der Waals surface area contributed by atoms with Crippen molar-refractivity contribution in [2.75, 3.05) is 11.9 Å². The van der Waals surface area contributed by atoms with E-state index in [0.29, 0.717) is 11.3 Å². The Hall–Kier alpha value is -2.48. The summed E-state index contributed by atoms with van der Waals surface area (Å²) in [5.74, 6) is 2.15. The number of terminal acetylenes is 1. The lowest BCUT2D eigenvalue weighted by molar-refractivity contribution is -0.147. The molecule has 0 aromatic heterocycles. The summed E-state index contributed by atoms with van der Waals surface area (Å²) in [6.07, 6.45) is 5.26. The Morgan fingerprint density at radius 1 is 1.40 bits per heavy atom. The number of nitrogens with one attached hydrogen (secondary N) is 2. The van der Waals surface area contributed by atoms with Gasteiger partial charge in [-0.3, -0.25) is 4.79 Å². The van der Waals surface area contributed by atoms with Crippen LogP contribution in [0.15, 0.2) is 24.3 Å². The highest BCUT2D eigenvalue weighted by molar-refractivity contribution is 5.89. The van der Waals surface area contributed by atoms with Gasteiger partial charge in [0.1, 0.15) is 0 Å². The molecular formula is C15H18N2O3. The van der Waals surface area contributed by atoms with Gasteiger partial charge in [0.2, 0.25) is 0 Å². The van der Waals surface area contributed by atoms with Gasteiger partial charge >= 0.3 is 12.0 Å². The molecule has 0 saturated heterocycles. The maximum absolute atomic E-state index is 11.6. The SMILES string of the molecule is C#Cc1cccc(NC(=O)NCCC(=O)OC(C)C)c1. The average Bonchev–Trinajstić information content (AvgIpc) is 2.38. The third-order valence-corrected chi connectivity index (χ3v) is 2.27. The second-order valence-corrected chi connectivity index (χ2v) is 4.39. The molecule has 0 unspecified atom stereocenters. The summed E-state index contributed by atoms with van der Waals surface area (Å²) in [6.45, 7) is 3.76. The largest absolute Gasteiger partial charge is 0.463 e. The Morgan fingerprint density at radius 2 is 2.15 bits per heavy atom. The lowest BCUT2D eigenvalue weighted by atomic mass is 10.2. The zero-order chi connectivity index (χ0) is 15.0. The summed E-state index contributed by atoms with van der Waals surface area (Å²) >= 11 is 0. The number of esters is 1. The van der Waals surface area contributed by atoms with Crippen LogP contribution in [0.1, 0.15) is 25.8 Å². The Balaban J connectivity index is 2.33. The quantitative estimate of drug-likeness (QED) is 0.638. The summed E-state index contributed by atoms with van der Waals surface area (Å²) in [5, 5.41) is 5.20. The van der Waals surface area contributed by atoms with Gasteiger partial charge in [0.15, 0.2) is 0 Å². The molecule has 2 N–H and O–H groups in total. The summed E-state index contributed by atoms with van der Waals surface area (Å²) in [6, 6.07) is 6.55. The fourth-order valence-corrected chi connectivity index (χ4v) is 1.46. The van der Waals surface area contributed by atoms with E-state index < -0.39 is 6.03 Å². The monoisotopic (exact) mass is 274 g/mol. The second kappa shape index (κ2) is 7.85. The van der Waals surface area contributed by atoms with Gasteiger partial charge in [-0.1, -0.05) is 12.0 Å². The molecule has 106 valence electrons. The Labute approximate surface area is 118 Å². The molecule has 0 aliphatic rings. The number of hydrogen-bond acceptors (Lipinski definition) is 3. The van der Waals surface area contributed by atoms with Crippen molar-refractivity contribution in [1.29, 1.82) is 0 Å². The summed E-state index contributed by atoms with van der Waals surface area (Å²) < 4.78 is 4.95. The maximum atomic E-state index is 11.6. The lowest BCUT2D eigenvalue weighted by Gasteiger charge is -2.09. The van der Waals surface area contributed by atoms with Crippen molar-refractivity contribution in [2.24, 2.45) is 0 Å². The second-order valence-electron chi connectivity index (χ2n) is 4.39. The Bertz CT molecular complexity index is 518. The zero-order valence-electron chi connectivity index (χ0n) is 11.6. The van der Waals surface area contributed by atoms with E-state index in [-0.39, 0.29) is 25.0 Å². The fraction of sp³-hybridized carbons (Fsp3) is 0.333. The number of carbonyl (C=O) groups excluding carboxylic acids is 2. The van der Waals surface area contributed by atoms with Crippen LogP contribution in [0.4, 0.5) is 10.5 Å². The molecule has 0 atom stereocenters. The van der Waals surface area contributed by atoms with E-state index in [1.807, 2.05) is 0 Å². The lowest BCUT2D eigenvalue weighted by Crippen LogP contribution is -2.31. The molecule has 0 heterocycles. The van der Waals surface area contributed by atoms with E-state index in [1.165, 1.54) is 0 Å². The molecule has 0 aliphatic heterocycles. The van der Waals surface area contributed by atoms with Crippen molar-refractivity contribution in [3.8, 4) is 12.3 Å². The molecule has 1 aromatic rings. The Kier molecular flexibility index (Phi) is 6.11. The number of benzene rings is 1. The molecule has 2 amide bonds. The minimum absolute atomic E-state index is 0.135. The highest BCUT2D eigenvalue weighted by Gasteiger charge is 2.07. The molecule has 0 bridgehead atoms. The highest BCUT2D eigenvalue weighted by atomic mass is 16.5. The molecule has 1 aromatic carbocycles. The van der Waals surface area contributed by atoms with Crippen LogP contribution in [0, 0.1) is 12.3 Å². The molecule has 0 aliphatic carbocycles. The maximum Gasteiger partial charge on any atom is 0.319 e. The molecule has 20 heavy (non-hydrogen) atoms. The van der Waals surface area contributed by atoms with Crippen molar-refractivity contribution in [1.82, 2.24) is 5.32 Å². The van der Waals surface area contributed by atoms with E-state index in [2.05, 4.69) is 16.6 Å². The van der Waals surface area contributed by atoms with Crippen LogP contribution < -0.4 is 10.6 Å². The van der Waals surface area contributed by atoms with Crippen molar-refractivity contribution in [3.05, 3.63) is 29.8 Å². The Morgan fingerprint density at radius 3 is 2.80 bits per heavy atom. The third-order valence-electron chi connectivity index (χ3n) is 2.27. The minimum Gasteiger partial charge on any atom is -0.463 e. The predicted octanol–water partition coefficient (Wildman–Crippen LogP) is 2.13. The van der Waals surface area contributed by atoms with Crippen LogP contribution >= 0.6 is 0 Å². The summed E-state index contributed by atoms with van der Waals surface area (Å²) in [5.41, 5.74) is 1.28. The van der Waals surface area contributed by atoms with E-state index in [9.17, 15) is 9.59 Å². The summed E-state index contributed by atoms with van der Waals surface area (Å²) in [7, 11) is 0. The molecule has 5 nitrogen and oxygen atoms in total. The first kappa shape index (κ1) is 15.6. The van der Waals surface area contributed by atoms with Gasteiger partial charge in [-0.2, -0.15) is 0 Å². The van der Waals surface area contributed by atoms with Gasteiger partial charge in [-0.15, -0.1) is 6.42 Å². The first-order chi connectivity index (χ1) is 9.51. The molecular weight excluding hydrogens is 256 g/mol. The minimum atomic E-state index is -0.392. The van der Waals surface area contributed by atoms with Crippen molar-refractivity contribution in [2.45, 2.75) is 26.4 Å². The van der Waals surface area contributed by atoms with Gasteiger partial charge in [0, 0.05) is 17.8 Å². The van der Waals surface area contributed by atoms with Gasteiger partial charge in [0.25, 0.3) is 0 Å². The van der Waals surface area contributed by atoms with Crippen LogP contribution in [0.25, 0.3) is 0 Å². The fourth-order valence-electron chi connectivity index (χ4n) is 1.46. The first-order valence-corrected chi connectivity index (χ1v) is 6.32. The van der Waals surface area contributed by atoms with Gasteiger partial charge in [-0.25, -0.2) is 4.79 Å². The molecule has 0 saturated carbocycles. The van der Waals surface area contributed by atoms with Crippen LogP contribution in [0.3, 0.4) is 0 Å². The topological polar surface area (TPSA) is 67.4 Å².